The first-order chi connectivity index (χ1) is 8.20. The fourth-order valence-corrected chi connectivity index (χ4v) is 1.60. The summed E-state index contributed by atoms with van der Waals surface area (Å²) in [5.74, 6) is 0. The van der Waals surface area contributed by atoms with E-state index in [9.17, 15) is 0 Å². The third kappa shape index (κ3) is 3.46. The van der Waals surface area contributed by atoms with Crippen LogP contribution < -0.4 is 0 Å². The maximum Gasteiger partial charge on any atom is -0.0109 e. The smallest absolute Gasteiger partial charge is 0.0109 e. The molecule has 0 nitrogen and oxygen atoms in total. The molecule has 0 radical (unpaired) electrons. The minimum absolute atomic E-state index is 1.12. The van der Waals surface area contributed by atoms with Crippen molar-refractivity contribution >= 4 is 16.3 Å². The van der Waals surface area contributed by atoms with E-state index in [0.717, 1.165) is 5.57 Å². The lowest BCUT2D eigenvalue weighted by molar-refractivity contribution is 1.63. The van der Waals surface area contributed by atoms with Crippen molar-refractivity contribution in [3.63, 3.8) is 0 Å². The van der Waals surface area contributed by atoms with Gasteiger partial charge in [-0.05, 0) is 23.3 Å². The Kier molecular flexibility index (Phi) is 4.96. The molecule has 0 unspecified atom stereocenters. The molecule has 0 bridgehead atoms. The summed E-state index contributed by atoms with van der Waals surface area (Å²) in [5.41, 5.74) is 2.37. The maximum absolute atomic E-state index is 3.98. The van der Waals surface area contributed by atoms with Gasteiger partial charge in [-0.25, -0.2) is 0 Å². The van der Waals surface area contributed by atoms with E-state index in [1.807, 2.05) is 6.92 Å². The number of rotatable bonds is 2. The monoisotopic (exact) mass is 222 g/mol. The zero-order chi connectivity index (χ0) is 12.7. The largest absolute Gasteiger partial charge is 0.0991 e. The number of hydrogen-bond acceptors (Lipinski definition) is 0. The van der Waals surface area contributed by atoms with Crippen molar-refractivity contribution < 1.29 is 0 Å². The van der Waals surface area contributed by atoms with Crippen LogP contribution in [0.5, 0.6) is 0 Å². The zero-order valence-electron chi connectivity index (χ0n) is 10.3. The van der Waals surface area contributed by atoms with Crippen LogP contribution in [-0.2, 0) is 0 Å². The molecular weight excluding hydrogens is 204 g/mol. The van der Waals surface area contributed by atoms with E-state index in [1.54, 1.807) is 12.2 Å². The van der Waals surface area contributed by atoms with E-state index in [0.29, 0.717) is 0 Å². The Morgan fingerprint density at radius 1 is 0.941 bits per heavy atom. The molecule has 2 aromatic rings. The molecule has 0 N–H and O–H groups in total. The Hall–Kier alpha value is -2.08. The summed E-state index contributed by atoms with van der Waals surface area (Å²) in [4.78, 5) is 0. The van der Waals surface area contributed by atoms with Crippen LogP contribution in [0.4, 0.5) is 0 Å². The molecule has 0 atom stereocenters. The Bertz CT molecular complexity index is 521. The normalized spacial score (nSPS) is 9.00. The van der Waals surface area contributed by atoms with Crippen molar-refractivity contribution in [2.75, 3.05) is 0 Å². The minimum atomic E-state index is 1.12. The molecule has 0 heteroatoms. The van der Waals surface area contributed by atoms with Gasteiger partial charge in [-0.2, -0.15) is 0 Å². The van der Waals surface area contributed by atoms with Crippen LogP contribution in [0.15, 0.2) is 74.4 Å². The van der Waals surface area contributed by atoms with Crippen LogP contribution >= 0.6 is 0 Å². The molecule has 0 saturated carbocycles. The highest BCUT2D eigenvalue weighted by Crippen LogP contribution is 2.23. The molecule has 0 aliphatic heterocycles. The van der Waals surface area contributed by atoms with E-state index in [2.05, 4.69) is 62.2 Å². The number of allylic oxidation sites excluding steroid dienone is 3. The van der Waals surface area contributed by atoms with Crippen molar-refractivity contribution in [2.45, 2.75) is 6.92 Å². The first-order valence-corrected chi connectivity index (χ1v) is 5.57. The lowest BCUT2D eigenvalue weighted by Crippen LogP contribution is -1.80. The summed E-state index contributed by atoms with van der Waals surface area (Å²) >= 11 is 0. The van der Waals surface area contributed by atoms with Gasteiger partial charge in [0.25, 0.3) is 0 Å². The summed E-state index contributed by atoms with van der Waals surface area (Å²) < 4.78 is 0. The van der Waals surface area contributed by atoms with Crippen molar-refractivity contribution in [1.29, 1.82) is 0 Å². The standard InChI is InChI=1S/C13H12.C4H6/c1-10(2)12-9-5-7-11-6-3-4-8-13(11)12;1-3-4-2/h3-9H,1H2,2H3;3-4H,1-2H2. The number of benzene rings is 2. The van der Waals surface area contributed by atoms with Crippen molar-refractivity contribution in [1.82, 2.24) is 0 Å². The van der Waals surface area contributed by atoms with Gasteiger partial charge >= 0.3 is 0 Å². The van der Waals surface area contributed by atoms with Gasteiger partial charge in [0.1, 0.15) is 0 Å². The lowest BCUT2D eigenvalue weighted by atomic mass is 10.0. The average Bonchev–Trinajstić information content (AvgIpc) is 2.38. The molecular formula is C17H18. The molecule has 0 spiro atoms. The Labute approximate surface area is 104 Å². The molecule has 0 aliphatic rings. The highest BCUT2D eigenvalue weighted by molar-refractivity contribution is 5.92. The Morgan fingerprint density at radius 2 is 1.53 bits per heavy atom. The average molecular weight is 222 g/mol. The van der Waals surface area contributed by atoms with Gasteiger partial charge in [-0.1, -0.05) is 79.9 Å². The van der Waals surface area contributed by atoms with Crippen molar-refractivity contribution in [3.8, 4) is 0 Å². The molecule has 0 fully saturated rings. The second-order valence-corrected chi connectivity index (χ2v) is 3.78. The minimum Gasteiger partial charge on any atom is -0.0991 e. The van der Waals surface area contributed by atoms with Crippen LogP contribution in [0.25, 0.3) is 16.3 Å². The van der Waals surface area contributed by atoms with Gasteiger partial charge in [0, 0.05) is 0 Å². The summed E-state index contributed by atoms with van der Waals surface area (Å²) in [5, 5.41) is 2.57. The topological polar surface area (TPSA) is 0 Å². The summed E-state index contributed by atoms with van der Waals surface area (Å²) in [6.07, 6.45) is 3.28. The predicted octanol–water partition coefficient (Wildman–Crippen LogP) is 5.23. The van der Waals surface area contributed by atoms with Crippen LogP contribution in [0.2, 0.25) is 0 Å². The molecule has 0 amide bonds. The van der Waals surface area contributed by atoms with Gasteiger partial charge < -0.3 is 0 Å². The first kappa shape index (κ1) is 13.0. The second kappa shape index (κ2) is 6.49. The predicted molar refractivity (Wildman–Crippen MR) is 79.1 cm³/mol. The lowest BCUT2D eigenvalue weighted by Gasteiger charge is -2.04. The van der Waals surface area contributed by atoms with E-state index in [1.165, 1.54) is 16.3 Å². The molecule has 86 valence electrons. The van der Waals surface area contributed by atoms with Gasteiger partial charge in [-0.3, -0.25) is 0 Å². The van der Waals surface area contributed by atoms with E-state index >= 15 is 0 Å². The summed E-state index contributed by atoms with van der Waals surface area (Å²) in [6, 6.07) is 14.7. The quantitative estimate of drug-likeness (QED) is 0.610. The van der Waals surface area contributed by atoms with E-state index in [4.69, 9.17) is 0 Å². The van der Waals surface area contributed by atoms with Crippen LogP contribution in [0, 0.1) is 0 Å². The molecule has 2 aromatic carbocycles. The molecule has 17 heavy (non-hydrogen) atoms. The highest BCUT2D eigenvalue weighted by Gasteiger charge is 1.98. The van der Waals surface area contributed by atoms with E-state index in [-0.39, 0.29) is 0 Å². The fraction of sp³-hybridized carbons (Fsp3) is 0.0588. The molecule has 0 saturated heterocycles. The van der Waals surface area contributed by atoms with Crippen LogP contribution in [-0.4, -0.2) is 0 Å². The number of fused-ring (bicyclic) bond motifs is 1. The third-order valence-corrected chi connectivity index (χ3v) is 2.42. The summed E-state index contributed by atoms with van der Waals surface area (Å²) in [6.45, 7) is 12.7. The summed E-state index contributed by atoms with van der Waals surface area (Å²) in [7, 11) is 0. The van der Waals surface area contributed by atoms with Gasteiger partial charge in [-0.15, -0.1) is 0 Å². The Morgan fingerprint density at radius 3 is 2.12 bits per heavy atom. The van der Waals surface area contributed by atoms with Gasteiger partial charge in [0.2, 0.25) is 0 Å². The molecule has 0 heterocycles. The molecule has 0 aliphatic carbocycles. The fourth-order valence-electron chi connectivity index (χ4n) is 1.60. The van der Waals surface area contributed by atoms with Gasteiger partial charge in [0.15, 0.2) is 0 Å². The van der Waals surface area contributed by atoms with E-state index < -0.39 is 0 Å². The molecule has 0 aromatic heterocycles. The second-order valence-electron chi connectivity index (χ2n) is 3.78. The Balaban J connectivity index is 0.000000317. The highest BCUT2D eigenvalue weighted by atomic mass is 14.0. The molecule has 2 rings (SSSR count). The maximum atomic E-state index is 3.98. The zero-order valence-corrected chi connectivity index (χ0v) is 10.3. The number of hydrogen-bond donors (Lipinski definition) is 0. The van der Waals surface area contributed by atoms with Crippen LogP contribution in [0.3, 0.4) is 0 Å². The van der Waals surface area contributed by atoms with Gasteiger partial charge in [0.05, 0.1) is 0 Å². The van der Waals surface area contributed by atoms with Crippen LogP contribution in [0.1, 0.15) is 12.5 Å². The third-order valence-electron chi connectivity index (χ3n) is 2.42. The first-order valence-electron chi connectivity index (χ1n) is 5.57. The van der Waals surface area contributed by atoms with Crippen molar-refractivity contribution in [3.05, 3.63) is 79.9 Å². The van der Waals surface area contributed by atoms with Crippen molar-refractivity contribution in [2.24, 2.45) is 0 Å². The SMILES string of the molecule is C=C(C)c1cccc2ccccc12.C=CC=C.